The molecule has 5 nitrogen and oxygen atoms in total. The molecular formula is C19H24N2O3S. The van der Waals surface area contributed by atoms with Crippen molar-refractivity contribution < 1.29 is 13.2 Å². The van der Waals surface area contributed by atoms with Crippen LogP contribution < -0.4 is 9.62 Å². The number of anilines is 2. The lowest BCUT2D eigenvalue weighted by Crippen LogP contribution is -2.31. The summed E-state index contributed by atoms with van der Waals surface area (Å²) < 4.78 is 25.3. The number of carbonyl (C=O) groups excluding carboxylic acids is 1. The van der Waals surface area contributed by atoms with Crippen molar-refractivity contribution in [3.05, 3.63) is 59.7 Å². The van der Waals surface area contributed by atoms with Gasteiger partial charge in [0.05, 0.1) is 11.9 Å². The van der Waals surface area contributed by atoms with Crippen molar-refractivity contribution in [1.82, 2.24) is 0 Å². The standard InChI is InChI=1S/C19H24N2O3S/c1-15-11-12-16(2)18(14-15)20-19(22)10-7-13-21(25(3,23)24)17-8-5-4-6-9-17/h4-6,8-9,11-12,14H,7,10,13H2,1-3H3,(H,20,22). The minimum absolute atomic E-state index is 0.116. The maximum Gasteiger partial charge on any atom is 0.232 e. The van der Waals surface area contributed by atoms with Crippen LogP contribution in [0.2, 0.25) is 0 Å². The monoisotopic (exact) mass is 360 g/mol. The van der Waals surface area contributed by atoms with Crippen LogP contribution in [0.1, 0.15) is 24.0 Å². The lowest BCUT2D eigenvalue weighted by Gasteiger charge is -2.22. The third kappa shape index (κ3) is 5.60. The second-order valence-corrected chi connectivity index (χ2v) is 8.05. The van der Waals surface area contributed by atoms with Crippen molar-refractivity contribution in [2.24, 2.45) is 0 Å². The van der Waals surface area contributed by atoms with Crippen LogP contribution in [-0.4, -0.2) is 27.1 Å². The Labute approximate surface area is 149 Å². The molecule has 2 aromatic carbocycles. The topological polar surface area (TPSA) is 66.5 Å². The molecule has 2 aromatic rings. The van der Waals surface area contributed by atoms with Gasteiger partial charge in [0.2, 0.25) is 15.9 Å². The summed E-state index contributed by atoms with van der Waals surface area (Å²) in [5, 5.41) is 2.90. The lowest BCUT2D eigenvalue weighted by atomic mass is 10.1. The molecule has 0 aliphatic carbocycles. The Morgan fingerprint density at radius 3 is 2.40 bits per heavy atom. The summed E-state index contributed by atoms with van der Waals surface area (Å²) in [6, 6.07) is 14.8. The highest BCUT2D eigenvalue weighted by atomic mass is 32.2. The van der Waals surface area contributed by atoms with Gasteiger partial charge >= 0.3 is 0 Å². The number of hydrogen-bond acceptors (Lipinski definition) is 3. The van der Waals surface area contributed by atoms with Gasteiger partial charge in [-0.3, -0.25) is 9.10 Å². The molecule has 0 fully saturated rings. The summed E-state index contributed by atoms with van der Waals surface area (Å²) in [6.07, 6.45) is 1.88. The minimum Gasteiger partial charge on any atom is -0.326 e. The largest absolute Gasteiger partial charge is 0.326 e. The summed E-state index contributed by atoms with van der Waals surface area (Å²) in [5.74, 6) is -0.116. The molecule has 25 heavy (non-hydrogen) atoms. The van der Waals surface area contributed by atoms with Gasteiger partial charge in [-0.05, 0) is 49.6 Å². The van der Waals surface area contributed by atoms with Crippen LogP contribution >= 0.6 is 0 Å². The van der Waals surface area contributed by atoms with Crippen molar-refractivity contribution >= 4 is 27.3 Å². The Kier molecular flexibility index (Phi) is 6.20. The molecular weight excluding hydrogens is 336 g/mol. The number of carbonyl (C=O) groups is 1. The number of aryl methyl sites for hydroxylation is 2. The smallest absolute Gasteiger partial charge is 0.232 e. The third-order valence-electron chi connectivity index (χ3n) is 3.88. The van der Waals surface area contributed by atoms with Gasteiger partial charge in [-0.1, -0.05) is 30.3 Å². The molecule has 0 aliphatic heterocycles. The first kappa shape index (κ1) is 19.0. The first-order chi connectivity index (χ1) is 11.8. The Bertz CT molecular complexity index is 833. The molecule has 0 bridgehead atoms. The molecule has 1 amide bonds. The van der Waals surface area contributed by atoms with Crippen molar-refractivity contribution in [3.63, 3.8) is 0 Å². The van der Waals surface area contributed by atoms with E-state index >= 15 is 0 Å². The van der Waals surface area contributed by atoms with Crippen LogP contribution in [0, 0.1) is 13.8 Å². The zero-order valence-electron chi connectivity index (χ0n) is 14.8. The second-order valence-electron chi connectivity index (χ2n) is 6.14. The molecule has 6 heteroatoms. The van der Waals surface area contributed by atoms with Crippen LogP contribution in [0.15, 0.2) is 48.5 Å². The van der Waals surface area contributed by atoms with E-state index in [2.05, 4.69) is 5.32 Å². The minimum atomic E-state index is -3.39. The first-order valence-electron chi connectivity index (χ1n) is 8.17. The van der Waals surface area contributed by atoms with E-state index in [4.69, 9.17) is 0 Å². The molecule has 1 N–H and O–H groups in total. The van der Waals surface area contributed by atoms with Crippen molar-refractivity contribution in [1.29, 1.82) is 0 Å². The molecule has 0 aromatic heterocycles. The van der Waals surface area contributed by atoms with Crippen LogP contribution in [0.4, 0.5) is 11.4 Å². The number of benzene rings is 2. The predicted octanol–water partition coefficient (Wildman–Crippen LogP) is 3.49. The Morgan fingerprint density at radius 1 is 1.08 bits per heavy atom. The van der Waals surface area contributed by atoms with E-state index in [1.54, 1.807) is 24.3 Å². The number of nitrogens with one attached hydrogen (secondary N) is 1. The number of para-hydroxylation sites is 1. The van der Waals surface area contributed by atoms with Gasteiger partial charge in [0.25, 0.3) is 0 Å². The number of nitrogens with zero attached hydrogens (tertiary/aromatic N) is 1. The first-order valence-corrected chi connectivity index (χ1v) is 10.0. The summed E-state index contributed by atoms with van der Waals surface area (Å²) in [7, 11) is -3.39. The van der Waals surface area contributed by atoms with Gasteiger partial charge in [0.1, 0.15) is 0 Å². The van der Waals surface area contributed by atoms with Gasteiger partial charge in [-0.25, -0.2) is 8.42 Å². The van der Waals surface area contributed by atoms with E-state index in [1.807, 2.05) is 38.1 Å². The second kappa shape index (κ2) is 8.16. The molecule has 2 rings (SSSR count). The molecule has 0 saturated carbocycles. The van der Waals surface area contributed by atoms with Crippen LogP contribution in [0.3, 0.4) is 0 Å². The molecule has 0 spiro atoms. The SMILES string of the molecule is Cc1ccc(C)c(NC(=O)CCCN(c2ccccc2)S(C)(=O)=O)c1. The molecule has 0 aliphatic rings. The zero-order valence-corrected chi connectivity index (χ0v) is 15.6. The fraction of sp³-hybridized carbons (Fsp3) is 0.316. The summed E-state index contributed by atoms with van der Waals surface area (Å²) >= 11 is 0. The molecule has 134 valence electrons. The van der Waals surface area contributed by atoms with Gasteiger partial charge < -0.3 is 5.32 Å². The average molecular weight is 360 g/mol. The number of sulfonamides is 1. The van der Waals surface area contributed by atoms with Crippen molar-refractivity contribution in [3.8, 4) is 0 Å². The number of hydrogen-bond donors (Lipinski definition) is 1. The summed E-state index contributed by atoms with van der Waals surface area (Å²) in [5.41, 5.74) is 3.49. The van der Waals surface area contributed by atoms with Gasteiger partial charge in [-0.15, -0.1) is 0 Å². The molecule has 0 saturated heterocycles. The van der Waals surface area contributed by atoms with E-state index in [0.29, 0.717) is 12.1 Å². The third-order valence-corrected chi connectivity index (χ3v) is 5.07. The zero-order chi connectivity index (χ0) is 18.4. The fourth-order valence-corrected chi connectivity index (χ4v) is 3.51. The Balaban J connectivity index is 1.96. The molecule has 0 atom stereocenters. The van der Waals surface area contributed by atoms with Crippen molar-refractivity contribution in [2.45, 2.75) is 26.7 Å². The predicted molar refractivity (Wildman–Crippen MR) is 102 cm³/mol. The van der Waals surface area contributed by atoms with E-state index in [-0.39, 0.29) is 18.9 Å². The average Bonchev–Trinajstić information content (AvgIpc) is 2.54. The van der Waals surface area contributed by atoms with E-state index in [9.17, 15) is 13.2 Å². The highest BCUT2D eigenvalue weighted by molar-refractivity contribution is 7.92. The highest BCUT2D eigenvalue weighted by Crippen LogP contribution is 2.19. The van der Waals surface area contributed by atoms with E-state index in [0.717, 1.165) is 16.8 Å². The summed E-state index contributed by atoms with van der Waals surface area (Å²) in [6.45, 7) is 4.18. The number of amides is 1. The highest BCUT2D eigenvalue weighted by Gasteiger charge is 2.17. The quantitative estimate of drug-likeness (QED) is 0.822. The normalized spacial score (nSPS) is 11.2. The molecule has 0 radical (unpaired) electrons. The maximum absolute atomic E-state index is 12.2. The maximum atomic E-state index is 12.2. The summed E-state index contributed by atoms with van der Waals surface area (Å²) in [4.78, 5) is 12.2. The Hall–Kier alpha value is -2.34. The van der Waals surface area contributed by atoms with E-state index < -0.39 is 10.0 Å². The lowest BCUT2D eigenvalue weighted by molar-refractivity contribution is -0.116. The molecule has 0 unspecified atom stereocenters. The van der Waals surface area contributed by atoms with Crippen LogP contribution in [0.25, 0.3) is 0 Å². The van der Waals surface area contributed by atoms with Crippen LogP contribution in [-0.2, 0) is 14.8 Å². The number of rotatable bonds is 7. The molecule has 0 heterocycles. The van der Waals surface area contributed by atoms with Gasteiger partial charge in [0, 0.05) is 18.7 Å². The Morgan fingerprint density at radius 2 is 1.76 bits per heavy atom. The fourth-order valence-electron chi connectivity index (χ4n) is 2.55. The van der Waals surface area contributed by atoms with Gasteiger partial charge in [-0.2, -0.15) is 0 Å². The van der Waals surface area contributed by atoms with E-state index in [1.165, 1.54) is 10.6 Å². The van der Waals surface area contributed by atoms with Crippen molar-refractivity contribution in [2.75, 3.05) is 22.4 Å². The van der Waals surface area contributed by atoms with Crippen LogP contribution in [0.5, 0.6) is 0 Å². The van der Waals surface area contributed by atoms with Gasteiger partial charge in [0.15, 0.2) is 0 Å².